The third kappa shape index (κ3) is 5.89. The van der Waals surface area contributed by atoms with Crippen LogP contribution in [0.2, 0.25) is 5.02 Å². The zero-order valence-corrected chi connectivity index (χ0v) is 18.4. The maximum Gasteiger partial charge on any atom is 0.243 e. The van der Waals surface area contributed by atoms with E-state index in [2.05, 4.69) is 24.1 Å². The van der Waals surface area contributed by atoms with Gasteiger partial charge in [-0.15, -0.1) is 0 Å². The molecule has 1 amide bonds. The number of sulfonamides is 1. The minimum Gasteiger partial charge on any atom is -0.355 e. The van der Waals surface area contributed by atoms with Gasteiger partial charge >= 0.3 is 0 Å². The highest BCUT2D eigenvalue weighted by Gasteiger charge is 2.33. The number of hydrogen-bond acceptors (Lipinski definition) is 4. The van der Waals surface area contributed by atoms with Gasteiger partial charge in [-0.05, 0) is 50.6 Å². The average molecular weight is 434 g/mol. The van der Waals surface area contributed by atoms with Crippen LogP contribution in [0.15, 0.2) is 23.1 Å². The Labute approximate surface area is 172 Å². The van der Waals surface area contributed by atoms with Crippen molar-refractivity contribution in [3.63, 3.8) is 0 Å². The molecule has 0 unspecified atom stereocenters. The van der Waals surface area contributed by atoms with Crippen LogP contribution in [0.25, 0.3) is 0 Å². The van der Waals surface area contributed by atoms with Gasteiger partial charge in [-0.1, -0.05) is 25.4 Å². The van der Waals surface area contributed by atoms with Crippen LogP contribution in [0, 0.1) is 17.2 Å². The van der Waals surface area contributed by atoms with Gasteiger partial charge in [0.1, 0.15) is 5.82 Å². The van der Waals surface area contributed by atoms with Crippen LogP contribution in [0.1, 0.15) is 26.7 Å². The Kier molecular flexibility index (Phi) is 7.47. The molecule has 1 heterocycles. The van der Waals surface area contributed by atoms with Crippen molar-refractivity contribution in [2.45, 2.75) is 31.6 Å². The molecule has 0 saturated carbocycles. The molecule has 1 aromatic carbocycles. The van der Waals surface area contributed by atoms with E-state index in [1.54, 1.807) is 0 Å². The topological polar surface area (TPSA) is 69.7 Å². The molecular formula is C19H29ClFN3O3S. The number of halogens is 2. The number of carbonyl (C=O) groups is 1. The summed E-state index contributed by atoms with van der Waals surface area (Å²) in [6.07, 6.45) is 0.905. The van der Waals surface area contributed by atoms with E-state index >= 15 is 0 Å². The Morgan fingerprint density at radius 1 is 1.32 bits per heavy atom. The molecule has 1 N–H and O–H groups in total. The number of carbonyl (C=O) groups excluding carboxylic acids is 1. The Morgan fingerprint density at radius 2 is 1.93 bits per heavy atom. The average Bonchev–Trinajstić information content (AvgIpc) is 2.61. The predicted molar refractivity (Wildman–Crippen MR) is 108 cm³/mol. The number of piperidine rings is 1. The van der Waals surface area contributed by atoms with Crippen molar-refractivity contribution in [3.8, 4) is 0 Å². The van der Waals surface area contributed by atoms with Crippen molar-refractivity contribution in [2.75, 3.05) is 40.3 Å². The Balaban J connectivity index is 1.93. The second kappa shape index (κ2) is 9.07. The standard InChI is InChI=1S/C19H29ClFN3O3S/c1-19(2,13-23(3)4)12-22-18(25)14-7-9-24(10-8-14)28(26,27)15-5-6-17(21)16(20)11-15/h5-6,11,14H,7-10,12-13H2,1-4H3,(H,22,25). The van der Waals surface area contributed by atoms with Crippen molar-refractivity contribution in [1.82, 2.24) is 14.5 Å². The molecule has 0 atom stereocenters. The molecule has 1 fully saturated rings. The lowest BCUT2D eigenvalue weighted by molar-refractivity contribution is -0.126. The molecule has 28 heavy (non-hydrogen) atoms. The number of nitrogens with one attached hydrogen (secondary N) is 1. The van der Waals surface area contributed by atoms with Crippen molar-refractivity contribution >= 4 is 27.5 Å². The van der Waals surface area contributed by atoms with Gasteiger partial charge in [0.05, 0.1) is 9.92 Å². The van der Waals surface area contributed by atoms with Crippen LogP contribution in [-0.2, 0) is 14.8 Å². The molecule has 6 nitrogen and oxygen atoms in total. The van der Waals surface area contributed by atoms with Gasteiger partial charge in [0, 0.05) is 32.1 Å². The molecule has 0 aromatic heterocycles. The number of hydrogen-bond donors (Lipinski definition) is 1. The van der Waals surface area contributed by atoms with E-state index in [9.17, 15) is 17.6 Å². The van der Waals surface area contributed by atoms with E-state index in [1.807, 2.05) is 14.1 Å². The van der Waals surface area contributed by atoms with Gasteiger partial charge < -0.3 is 10.2 Å². The third-order valence-electron chi connectivity index (χ3n) is 4.84. The van der Waals surface area contributed by atoms with Crippen LogP contribution in [0.4, 0.5) is 4.39 Å². The van der Waals surface area contributed by atoms with Gasteiger partial charge in [0.25, 0.3) is 0 Å². The van der Waals surface area contributed by atoms with E-state index < -0.39 is 15.8 Å². The SMILES string of the molecule is CN(C)CC(C)(C)CNC(=O)C1CCN(S(=O)(=O)c2ccc(F)c(Cl)c2)CC1. The van der Waals surface area contributed by atoms with Gasteiger partial charge in [0.2, 0.25) is 15.9 Å². The van der Waals surface area contributed by atoms with E-state index in [0.717, 1.165) is 18.7 Å². The highest BCUT2D eigenvalue weighted by Crippen LogP contribution is 2.26. The number of amides is 1. The molecule has 0 aliphatic carbocycles. The quantitative estimate of drug-likeness (QED) is 0.717. The summed E-state index contributed by atoms with van der Waals surface area (Å²) in [4.78, 5) is 14.5. The molecule has 1 aliphatic rings. The minimum atomic E-state index is -3.75. The summed E-state index contributed by atoms with van der Waals surface area (Å²) in [5.41, 5.74) is -0.0505. The molecule has 9 heteroatoms. The first kappa shape index (κ1) is 23.1. The summed E-state index contributed by atoms with van der Waals surface area (Å²) in [5, 5.41) is 2.78. The molecule has 1 aliphatic heterocycles. The number of nitrogens with zero attached hydrogens (tertiary/aromatic N) is 2. The predicted octanol–water partition coefficient (Wildman–Crippen LogP) is 2.58. The summed E-state index contributed by atoms with van der Waals surface area (Å²) in [7, 11) is 0.234. The molecule has 0 bridgehead atoms. The third-order valence-corrected chi connectivity index (χ3v) is 7.02. The van der Waals surface area contributed by atoms with Gasteiger partial charge in [-0.3, -0.25) is 4.79 Å². The van der Waals surface area contributed by atoms with Crippen molar-refractivity contribution < 1.29 is 17.6 Å². The van der Waals surface area contributed by atoms with Crippen LogP contribution < -0.4 is 5.32 Å². The van der Waals surface area contributed by atoms with E-state index in [-0.39, 0.29) is 40.2 Å². The Hall–Kier alpha value is -1.22. The second-order valence-electron chi connectivity index (χ2n) is 8.37. The Morgan fingerprint density at radius 3 is 2.46 bits per heavy atom. The summed E-state index contributed by atoms with van der Waals surface area (Å²) in [6, 6.07) is 3.38. The highest BCUT2D eigenvalue weighted by molar-refractivity contribution is 7.89. The zero-order chi connectivity index (χ0) is 21.1. The Bertz CT molecular complexity index is 807. The maximum atomic E-state index is 13.3. The monoisotopic (exact) mass is 433 g/mol. The molecule has 158 valence electrons. The first-order chi connectivity index (χ1) is 12.9. The molecule has 1 aromatic rings. The van der Waals surface area contributed by atoms with Crippen LogP contribution in [-0.4, -0.2) is 63.8 Å². The first-order valence-corrected chi connectivity index (χ1v) is 11.1. The molecule has 0 radical (unpaired) electrons. The summed E-state index contributed by atoms with van der Waals surface area (Å²) < 4.78 is 40.1. The fourth-order valence-corrected chi connectivity index (χ4v) is 5.27. The lowest BCUT2D eigenvalue weighted by Gasteiger charge is -2.32. The summed E-state index contributed by atoms with van der Waals surface area (Å²) in [5.74, 6) is -0.902. The highest BCUT2D eigenvalue weighted by atomic mass is 35.5. The van der Waals surface area contributed by atoms with Crippen molar-refractivity contribution in [2.24, 2.45) is 11.3 Å². The molecular weight excluding hydrogens is 405 g/mol. The first-order valence-electron chi connectivity index (χ1n) is 9.30. The van der Waals surface area contributed by atoms with Crippen molar-refractivity contribution in [3.05, 3.63) is 29.0 Å². The van der Waals surface area contributed by atoms with E-state index in [0.29, 0.717) is 19.4 Å². The van der Waals surface area contributed by atoms with Crippen LogP contribution in [0.3, 0.4) is 0 Å². The molecule has 1 saturated heterocycles. The largest absolute Gasteiger partial charge is 0.355 e. The lowest BCUT2D eigenvalue weighted by Crippen LogP contribution is -2.45. The fraction of sp³-hybridized carbons (Fsp3) is 0.632. The second-order valence-corrected chi connectivity index (χ2v) is 10.7. The van der Waals surface area contributed by atoms with E-state index in [4.69, 9.17) is 11.6 Å². The van der Waals surface area contributed by atoms with Gasteiger partial charge in [0.15, 0.2) is 0 Å². The van der Waals surface area contributed by atoms with Crippen molar-refractivity contribution in [1.29, 1.82) is 0 Å². The number of rotatable bonds is 7. The molecule has 2 rings (SSSR count). The van der Waals surface area contributed by atoms with Gasteiger partial charge in [-0.25, -0.2) is 12.8 Å². The maximum absolute atomic E-state index is 13.3. The zero-order valence-electron chi connectivity index (χ0n) is 16.8. The summed E-state index contributed by atoms with van der Waals surface area (Å²) in [6.45, 7) is 6.10. The molecule has 0 spiro atoms. The van der Waals surface area contributed by atoms with Crippen LogP contribution >= 0.6 is 11.6 Å². The smallest absolute Gasteiger partial charge is 0.243 e. The van der Waals surface area contributed by atoms with Gasteiger partial charge in [-0.2, -0.15) is 4.31 Å². The lowest BCUT2D eigenvalue weighted by atomic mass is 9.91. The van der Waals surface area contributed by atoms with E-state index in [1.165, 1.54) is 10.4 Å². The van der Waals surface area contributed by atoms with Crippen LogP contribution in [0.5, 0.6) is 0 Å². The summed E-state index contributed by atoms with van der Waals surface area (Å²) >= 11 is 5.71. The minimum absolute atomic E-state index is 0.0336. The number of benzene rings is 1. The fourth-order valence-electron chi connectivity index (χ4n) is 3.53. The normalized spacial score (nSPS) is 17.1.